The van der Waals surface area contributed by atoms with Crippen molar-refractivity contribution in [2.24, 2.45) is 5.73 Å². The molecule has 3 aliphatic rings. The van der Waals surface area contributed by atoms with Gasteiger partial charge in [0, 0.05) is 19.2 Å². The van der Waals surface area contributed by atoms with E-state index in [1.165, 1.54) is 9.47 Å². The molecule has 2 heterocycles. The van der Waals surface area contributed by atoms with Crippen molar-refractivity contribution in [1.29, 1.82) is 5.26 Å². The van der Waals surface area contributed by atoms with Gasteiger partial charge < -0.3 is 20.3 Å². The summed E-state index contributed by atoms with van der Waals surface area (Å²) in [6.07, 6.45) is 1.07. The lowest BCUT2D eigenvalue weighted by atomic mass is 9.89. The second-order valence-electron chi connectivity index (χ2n) is 8.82. The summed E-state index contributed by atoms with van der Waals surface area (Å²) < 4.78 is 45.8. The highest BCUT2D eigenvalue weighted by molar-refractivity contribution is 5.96. The van der Waals surface area contributed by atoms with Crippen molar-refractivity contribution >= 4 is 22.6 Å². The van der Waals surface area contributed by atoms with Gasteiger partial charge in [-0.3, -0.25) is 4.79 Å². The molecule has 3 N–H and O–H groups in total. The Kier molecular flexibility index (Phi) is 3.99. The predicted molar refractivity (Wildman–Crippen MR) is 105 cm³/mol. The third-order valence-electron chi connectivity index (χ3n) is 6.94. The number of hydrogen-bond acceptors (Lipinski definition) is 5. The van der Waals surface area contributed by atoms with E-state index < -0.39 is 46.2 Å². The van der Waals surface area contributed by atoms with Gasteiger partial charge >= 0.3 is 5.97 Å². The minimum Gasteiger partial charge on any atom is -0.477 e. The Morgan fingerprint density at radius 1 is 1.35 bits per heavy atom. The topological polar surface area (TPSA) is 112 Å². The fraction of sp³-hybridized carbons (Fsp3) is 0.476. The van der Waals surface area contributed by atoms with Crippen molar-refractivity contribution in [3.63, 3.8) is 0 Å². The van der Waals surface area contributed by atoms with Crippen LogP contribution in [-0.2, 0) is 0 Å². The number of halogens is 3. The fourth-order valence-corrected chi connectivity index (χ4v) is 5.22. The summed E-state index contributed by atoms with van der Waals surface area (Å²) in [7, 11) is 0. The average molecular weight is 432 g/mol. The number of aromatic carboxylic acids is 1. The first-order valence-electron chi connectivity index (χ1n) is 10.0. The molecule has 0 unspecified atom stereocenters. The molecule has 3 fully saturated rings. The summed E-state index contributed by atoms with van der Waals surface area (Å²) >= 11 is 0. The lowest BCUT2D eigenvalue weighted by Crippen LogP contribution is -2.53. The van der Waals surface area contributed by atoms with Crippen LogP contribution in [0, 0.1) is 17.1 Å². The lowest BCUT2D eigenvalue weighted by Gasteiger charge is -2.27. The molecule has 5 rings (SSSR count). The maximum absolute atomic E-state index is 15.4. The zero-order chi connectivity index (χ0) is 22.3. The smallest absolute Gasteiger partial charge is 0.341 e. The van der Waals surface area contributed by atoms with E-state index in [0.717, 1.165) is 12.3 Å². The zero-order valence-electron chi connectivity index (χ0n) is 16.4. The van der Waals surface area contributed by atoms with Gasteiger partial charge in [-0.2, -0.15) is 5.26 Å². The number of nitriles is 1. The van der Waals surface area contributed by atoms with Gasteiger partial charge in [0.05, 0.1) is 34.7 Å². The Balaban J connectivity index is 1.78. The molecule has 1 saturated heterocycles. The van der Waals surface area contributed by atoms with Crippen molar-refractivity contribution in [2.75, 3.05) is 18.0 Å². The van der Waals surface area contributed by atoms with Crippen LogP contribution in [0.1, 0.15) is 47.6 Å². The first kappa shape index (κ1) is 19.9. The Morgan fingerprint density at radius 2 is 2.06 bits per heavy atom. The van der Waals surface area contributed by atoms with E-state index in [9.17, 15) is 24.3 Å². The second-order valence-corrected chi connectivity index (χ2v) is 8.82. The summed E-state index contributed by atoms with van der Waals surface area (Å²) in [5.74, 6) is -2.48. The molecule has 1 aromatic carbocycles. The highest BCUT2D eigenvalue weighted by atomic mass is 19.1. The largest absolute Gasteiger partial charge is 0.477 e. The number of rotatable bonds is 3. The number of alkyl halides is 2. The van der Waals surface area contributed by atoms with Crippen LogP contribution in [0.2, 0.25) is 0 Å². The first-order valence-corrected chi connectivity index (χ1v) is 10.0. The number of carboxylic acids is 1. The molecule has 7 nitrogen and oxygen atoms in total. The van der Waals surface area contributed by atoms with Crippen LogP contribution >= 0.6 is 0 Å². The van der Waals surface area contributed by atoms with E-state index in [2.05, 4.69) is 0 Å². The fourth-order valence-electron chi connectivity index (χ4n) is 5.22. The van der Waals surface area contributed by atoms with E-state index in [-0.39, 0.29) is 48.1 Å². The molecule has 1 aliphatic heterocycles. The van der Waals surface area contributed by atoms with E-state index in [1.54, 1.807) is 0 Å². The van der Waals surface area contributed by atoms with Crippen LogP contribution in [0.4, 0.5) is 18.9 Å². The third kappa shape index (κ3) is 2.62. The number of benzene rings is 1. The molecule has 2 aliphatic carbocycles. The number of hydrogen-bond donors (Lipinski definition) is 2. The summed E-state index contributed by atoms with van der Waals surface area (Å²) in [6.45, 7) is -0.208. The molecule has 31 heavy (non-hydrogen) atoms. The van der Waals surface area contributed by atoms with Crippen molar-refractivity contribution in [2.45, 2.75) is 49.1 Å². The number of anilines is 1. The van der Waals surface area contributed by atoms with Crippen LogP contribution in [0.3, 0.4) is 0 Å². The standard InChI is InChI=1S/C21H19F3N4O3/c22-13-5-15(13)28-7-12(19(30)31)18(29)10-4-14(23)17(11(6-25)16(10)28)27-8-20(24)2-1-3-21(20,26)9-27/h4,7,13,15H,1-3,5,8-9,26H2,(H,30,31)/t13-,15+,20-,21+/m0/s1. The molecule has 2 saturated carbocycles. The second kappa shape index (κ2) is 6.23. The van der Waals surface area contributed by atoms with E-state index >= 15 is 8.78 Å². The number of nitrogens with zero attached hydrogens (tertiary/aromatic N) is 3. The molecular formula is C21H19F3N4O3. The summed E-state index contributed by atoms with van der Waals surface area (Å²) in [5.41, 5.74) is 1.27. The minimum atomic E-state index is -1.73. The molecular weight excluding hydrogens is 413 g/mol. The van der Waals surface area contributed by atoms with Crippen LogP contribution in [0.5, 0.6) is 0 Å². The number of pyridine rings is 1. The Labute approximate surface area is 174 Å². The molecule has 162 valence electrons. The number of aromatic nitrogens is 1. The van der Waals surface area contributed by atoms with Crippen molar-refractivity contribution in [3.05, 3.63) is 39.4 Å². The van der Waals surface area contributed by atoms with Gasteiger partial charge in [0.25, 0.3) is 0 Å². The van der Waals surface area contributed by atoms with Crippen LogP contribution < -0.4 is 16.1 Å². The molecule has 0 amide bonds. The SMILES string of the molecule is N#Cc1c(N2C[C@]3(N)CCC[C@]3(F)C2)c(F)cc2c(=O)c(C(=O)O)cn([C@@H]3C[C@@H]3F)c12. The highest BCUT2D eigenvalue weighted by Gasteiger charge is 2.60. The Morgan fingerprint density at radius 3 is 2.65 bits per heavy atom. The molecule has 0 bridgehead atoms. The normalized spacial score (nSPS) is 31.6. The summed E-state index contributed by atoms with van der Waals surface area (Å²) in [6, 6.07) is 1.98. The van der Waals surface area contributed by atoms with Gasteiger partial charge in [-0.25, -0.2) is 18.0 Å². The molecule has 0 spiro atoms. The number of carboxylic acid groups (broad SMARTS) is 1. The van der Waals surface area contributed by atoms with Crippen molar-refractivity contribution < 1.29 is 23.1 Å². The van der Waals surface area contributed by atoms with Gasteiger partial charge in [0.15, 0.2) is 0 Å². The third-order valence-corrected chi connectivity index (χ3v) is 6.94. The quantitative estimate of drug-likeness (QED) is 0.770. The Hall–Kier alpha value is -3.06. The van der Waals surface area contributed by atoms with Crippen LogP contribution in [0.25, 0.3) is 10.9 Å². The van der Waals surface area contributed by atoms with Gasteiger partial charge in [0.2, 0.25) is 5.43 Å². The summed E-state index contributed by atoms with van der Waals surface area (Å²) in [5, 5.41) is 18.9. The van der Waals surface area contributed by atoms with E-state index in [1.807, 2.05) is 6.07 Å². The summed E-state index contributed by atoms with van der Waals surface area (Å²) in [4.78, 5) is 25.6. The van der Waals surface area contributed by atoms with E-state index in [0.29, 0.717) is 12.8 Å². The first-order chi connectivity index (χ1) is 14.6. The molecule has 10 heteroatoms. The van der Waals surface area contributed by atoms with Gasteiger partial charge in [0.1, 0.15) is 34.9 Å². The Bertz CT molecular complexity index is 1240. The minimum absolute atomic E-state index is 0.00673. The number of fused-ring (bicyclic) bond motifs is 2. The van der Waals surface area contributed by atoms with Crippen molar-refractivity contribution in [3.8, 4) is 6.07 Å². The number of nitrogens with two attached hydrogens (primary N) is 1. The van der Waals surface area contributed by atoms with Gasteiger partial charge in [-0.15, -0.1) is 0 Å². The van der Waals surface area contributed by atoms with E-state index in [4.69, 9.17) is 5.73 Å². The molecule has 4 atom stereocenters. The molecule has 2 aromatic rings. The van der Waals surface area contributed by atoms with Gasteiger partial charge in [-0.1, -0.05) is 0 Å². The monoisotopic (exact) mass is 432 g/mol. The molecule has 1 aromatic heterocycles. The zero-order valence-corrected chi connectivity index (χ0v) is 16.4. The van der Waals surface area contributed by atoms with Crippen LogP contribution in [-0.4, -0.2) is 46.1 Å². The maximum atomic E-state index is 15.4. The lowest BCUT2D eigenvalue weighted by molar-refractivity contribution is 0.0694. The van der Waals surface area contributed by atoms with Gasteiger partial charge in [-0.05, 0) is 25.3 Å². The highest BCUT2D eigenvalue weighted by Crippen LogP contribution is 2.49. The average Bonchev–Trinajstić information content (AvgIpc) is 3.26. The predicted octanol–water partition coefficient (Wildman–Crippen LogP) is 2.40. The van der Waals surface area contributed by atoms with Crippen LogP contribution in [0.15, 0.2) is 17.1 Å². The van der Waals surface area contributed by atoms with Crippen molar-refractivity contribution in [1.82, 2.24) is 4.57 Å². The molecule has 0 radical (unpaired) electrons. The number of carbonyl (C=O) groups is 1. The maximum Gasteiger partial charge on any atom is 0.341 e.